The number of aromatic nitrogens is 3. The SMILES string of the molecule is CC(C)(C)c1cn(Cc2cc(=O)oc3cc(O)ccc23)nn1. The van der Waals surface area contributed by atoms with Crippen molar-refractivity contribution in [3.8, 4) is 5.75 Å². The van der Waals surface area contributed by atoms with Crippen LogP contribution in [0.3, 0.4) is 0 Å². The van der Waals surface area contributed by atoms with E-state index in [0.29, 0.717) is 12.1 Å². The van der Waals surface area contributed by atoms with E-state index in [1.807, 2.05) is 6.20 Å². The molecule has 1 N–H and O–H groups in total. The zero-order chi connectivity index (χ0) is 15.9. The number of hydrogen-bond donors (Lipinski definition) is 1. The van der Waals surface area contributed by atoms with Gasteiger partial charge < -0.3 is 9.52 Å². The van der Waals surface area contributed by atoms with E-state index in [9.17, 15) is 9.90 Å². The number of phenolic OH excluding ortho intramolecular Hbond substituents is 1. The van der Waals surface area contributed by atoms with E-state index in [0.717, 1.165) is 16.6 Å². The van der Waals surface area contributed by atoms with Crippen LogP contribution in [0.15, 0.2) is 39.7 Å². The fourth-order valence-corrected chi connectivity index (χ4v) is 2.24. The number of phenols is 1. The van der Waals surface area contributed by atoms with E-state index in [2.05, 4.69) is 31.1 Å². The van der Waals surface area contributed by atoms with Crippen molar-refractivity contribution in [3.63, 3.8) is 0 Å². The molecule has 2 heterocycles. The molecule has 0 unspecified atom stereocenters. The Bertz CT molecular complexity index is 888. The summed E-state index contributed by atoms with van der Waals surface area (Å²) in [6.45, 7) is 6.61. The molecule has 114 valence electrons. The Morgan fingerprint density at radius 3 is 2.73 bits per heavy atom. The number of benzene rings is 1. The molecule has 0 bridgehead atoms. The molecule has 22 heavy (non-hydrogen) atoms. The van der Waals surface area contributed by atoms with Crippen LogP contribution in [0.1, 0.15) is 32.0 Å². The van der Waals surface area contributed by atoms with Crippen LogP contribution in [-0.2, 0) is 12.0 Å². The zero-order valence-electron chi connectivity index (χ0n) is 12.7. The van der Waals surface area contributed by atoms with E-state index in [-0.39, 0.29) is 11.2 Å². The van der Waals surface area contributed by atoms with Gasteiger partial charge in [0.1, 0.15) is 11.3 Å². The molecular weight excluding hydrogens is 282 g/mol. The Morgan fingerprint density at radius 1 is 1.27 bits per heavy atom. The van der Waals surface area contributed by atoms with E-state index in [1.165, 1.54) is 12.1 Å². The van der Waals surface area contributed by atoms with E-state index in [4.69, 9.17) is 4.42 Å². The topological polar surface area (TPSA) is 81.2 Å². The molecule has 0 spiro atoms. The second-order valence-electron chi connectivity index (χ2n) is 6.32. The lowest BCUT2D eigenvalue weighted by Crippen LogP contribution is -2.11. The van der Waals surface area contributed by atoms with Crippen LogP contribution in [0.5, 0.6) is 5.75 Å². The zero-order valence-corrected chi connectivity index (χ0v) is 12.7. The molecular formula is C16H17N3O3. The highest BCUT2D eigenvalue weighted by Crippen LogP contribution is 2.23. The molecule has 6 nitrogen and oxygen atoms in total. The van der Waals surface area contributed by atoms with Crippen LogP contribution >= 0.6 is 0 Å². The van der Waals surface area contributed by atoms with Gasteiger partial charge in [-0.15, -0.1) is 5.10 Å². The van der Waals surface area contributed by atoms with Gasteiger partial charge in [0.2, 0.25) is 0 Å². The van der Waals surface area contributed by atoms with E-state index < -0.39 is 5.63 Å². The van der Waals surface area contributed by atoms with Gasteiger partial charge >= 0.3 is 5.63 Å². The molecule has 0 atom stereocenters. The lowest BCUT2D eigenvalue weighted by Gasteiger charge is -2.13. The number of rotatable bonds is 2. The van der Waals surface area contributed by atoms with Crippen molar-refractivity contribution in [2.45, 2.75) is 32.7 Å². The van der Waals surface area contributed by atoms with Gasteiger partial charge in [0, 0.05) is 29.1 Å². The molecule has 0 aliphatic carbocycles. The van der Waals surface area contributed by atoms with Crippen LogP contribution in [0.25, 0.3) is 11.0 Å². The monoisotopic (exact) mass is 299 g/mol. The van der Waals surface area contributed by atoms with Gasteiger partial charge in [0.05, 0.1) is 12.2 Å². The van der Waals surface area contributed by atoms with Crippen molar-refractivity contribution in [1.82, 2.24) is 15.0 Å². The van der Waals surface area contributed by atoms with Gasteiger partial charge in [0.25, 0.3) is 0 Å². The van der Waals surface area contributed by atoms with Crippen LogP contribution in [0.4, 0.5) is 0 Å². The van der Waals surface area contributed by atoms with Gasteiger partial charge in [-0.25, -0.2) is 9.48 Å². The van der Waals surface area contributed by atoms with Crippen molar-refractivity contribution in [2.75, 3.05) is 0 Å². The normalized spacial score (nSPS) is 12.0. The molecule has 0 aliphatic heterocycles. The molecule has 0 saturated heterocycles. The molecule has 3 aromatic rings. The fraction of sp³-hybridized carbons (Fsp3) is 0.312. The number of aromatic hydroxyl groups is 1. The predicted molar refractivity (Wildman–Crippen MR) is 82.0 cm³/mol. The van der Waals surface area contributed by atoms with E-state index >= 15 is 0 Å². The lowest BCUT2D eigenvalue weighted by molar-refractivity contribution is 0.473. The minimum Gasteiger partial charge on any atom is -0.508 e. The highest BCUT2D eigenvalue weighted by Gasteiger charge is 2.18. The first-order valence-electron chi connectivity index (χ1n) is 6.99. The maximum Gasteiger partial charge on any atom is 0.336 e. The molecule has 0 amide bonds. The molecule has 1 aromatic carbocycles. The largest absolute Gasteiger partial charge is 0.508 e. The van der Waals surface area contributed by atoms with Crippen LogP contribution in [-0.4, -0.2) is 20.1 Å². The van der Waals surface area contributed by atoms with Crippen LogP contribution in [0, 0.1) is 0 Å². The molecule has 0 saturated carbocycles. The van der Waals surface area contributed by atoms with Gasteiger partial charge in [0.15, 0.2) is 0 Å². The maximum absolute atomic E-state index is 11.7. The smallest absolute Gasteiger partial charge is 0.336 e. The second kappa shape index (κ2) is 4.98. The van der Waals surface area contributed by atoms with Crippen molar-refractivity contribution in [1.29, 1.82) is 0 Å². The molecule has 0 radical (unpaired) electrons. The first-order valence-corrected chi connectivity index (χ1v) is 6.99. The van der Waals surface area contributed by atoms with Crippen LogP contribution < -0.4 is 5.63 Å². The standard InChI is InChI=1S/C16H17N3O3/c1-16(2,3)14-9-19(18-17-14)8-10-6-15(21)22-13-7-11(20)4-5-12(10)13/h4-7,9,20H,8H2,1-3H3. The predicted octanol–water partition coefficient (Wildman–Crippen LogP) is 2.44. The molecule has 2 aromatic heterocycles. The maximum atomic E-state index is 11.7. The average Bonchev–Trinajstić information content (AvgIpc) is 2.86. The van der Waals surface area contributed by atoms with Gasteiger partial charge in [-0.3, -0.25) is 0 Å². The average molecular weight is 299 g/mol. The molecule has 0 aliphatic rings. The Labute approximate surface area is 127 Å². The van der Waals surface area contributed by atoms with Crippen molar-refractivity contribution in [2.24, 2.45) is 0 Å². The Kier molecular flexibility index (Phi) is 3.24. The Balaban J connectivity index is 2.04. The minimum absolute atomic E-state index is 0.0589. The molecule has 0 fully saturated rings. The molecule has 3 rings (SSSR count). The summed E-state index contributed by atoms with van der Waals surface area (Å²) >= 11 is 0. The number of fused-ring (bicyclic) bond motifs is 1. The summed E-state index contributed by atoms with van der Waals surface area (Å²) in [5.74, 6) is 0.0589. The summed E-state index contributed by atoms with van der Waals surface area (Å²) in [5.41, 5.74) is 1.49. The highest BCUT2D eigenvalue weighted by molar-refractivity contribution is 5.81. The third kappa shape index (κ3) is 2.72. The Hall–Kier alpha value is -2.63. The second-order valence-corrected chi connectivity index (χ2v) is 6.32. The lowest BCUT2D eigenvalue weighted by atomic mass is 9.93. The van der Waals surface area contributed by atoms with Gasteiger partial charge in [-0.1, -0.05) is 26.0 Å². The van der Waals surface area contributed by atoms with Crippen molar-refractivity contribution in [3.05, 3.63) is 52.1 Å². The minimum atomic E-state index is -0.454. The summed E-state index contributed by atoms with van der Waals surface area (Å²) in [6, 6.07) is 6.16. The molecule has 6 heteroatoms. The Morgan fingerprint density at radius 2 is 2.05 bits per heavy atom. The van der Waals surface area contributed by atoms with Gasteiger partial charge in [-0.05, 0) is 17.7 Å². The summed E-state index contributed by atoms with van der Waals surface area (Å²) in [4.78, 5) is 11.7. The van der Waals surface area contributed by atoms with E-state index in [1.54, 1.807) is 16.8 Å². The fourth-order valence-electron chi connectivity index (χ4n) is 2.24. The first-order chi connectivity index (χ1) is 10.3. The number of hydrogen-bond acceptors (Lipinski definition) is 5. The summed E-state index contributed by atoms with van der Waals surface area (Å²) in [6.07, 6.45) is 1.88. The summed E-state index contributed by atoms with van der Waals surface area (Å²) in [5, 5.41) is 18.6. The quantitative estimate of drug-likeness (QED) is 0.735. The summed E-state index contributed by atoms with van der Waals surface area (Å²) < 4.78 is 6.82. The summed E-state index contributed by atoms with van der Waals surface area (Å²) in [7, 11) is 0. The third-order valence-corrected chi connectivity index (χ3v) is 3.45. The first kappa shape index (κ1) is 14.3. The third-order valence-electron chi connectivity index (χ3n) is 3.45. The number of nitrogens with zero attached hydrogens (tertiary/aromatic N) is 3. The van der Waals surface area contributed by atoms with Crippen molar-refractivity contribution >= 4 is 11.0 Å². The van der Waals surface area contributed by atoms with Crippen LogP contribution in [0.2, 0.25) is 0 Å². The van der Waals surface area contributed by atoms with Crippen molar-refractivity contribution < 1.29 is 9.52 Å². The van der Waals surface area contributed by atoms with Gasteiger partial charge in [-0.2, -0.15) is 0 Å². The highest BCUT2D eigenvalue weighted by atomic mass is 16.4.